The molecule has 0 spiro atoms. The van der Waals surface area contributed by atoms with E-state index in [0.717, 1.165) is 0 Å². The van der Waals surface area contributed by atoms with Crippen molar-refractivity contribution in [2.24, 2.45) is 12.8 Å². The van der Waals surface area contributed by atoms with Gasteiger partial charge in [-0.25, -0.2) is 4.68 Å². The number of ether oxygens (including phenoxy) is 1. The molecule has 0 fully saturated rings. The molecule has 0 saturated carbocycles. The smallest absolute Gasteiger partial charge is 0.252 e. The van der Waals surface area contributed by atoms with Crippen LogP contribution in [-0.2, 0) is 7.05 Å². The Morgan fingerprint density at radius 2 is 2.06 bits per heavy atom. The number of benzene rings is 1. The number of aromatic nitrogens is 2. The summed E-state index contributed by atoms with van der Waals surface area (Å²) in [5.74, 6) is 0.198. The zero-order valence-corrected chi connectivity index (χ0v) is 10.2. The summed E-state index contributed by atoms with van der Waals surface area (Å²) in [7, 11) is 1.71. The van der Waals surface area contributed by atoms with E-state index in [0.29, 0.717) is 28.6 Å². The normalized spacial score (nSPS) is 10.3. The maximum absolute atomic E-state index is 11.3. The summed E-state index contributed by atoms with van der Waals surface area (Å²) in [6.45, 7) is 1.78. The average molecular weight is 246 g/mol. The Hall–Kier alpha value is -2.50. The molecule has 0 radical (unpaired) electrons. The molecule has 0 unspecified atom stereocenters. The SMILES string of the molecule is Cc1nn(C)c(Oc2ccccc2C(N)=O)c1N. The summed E-state index contributed by atoms with van der Waals surface area (Å²) in [5, 5.41) is 4.13. The van der Waals surface area contributed by atoms with E-state index in [4.69, 9.17) is 16.2 Å². The number of primary amides is 1. The first-order valence-corrected chi connectivity index (χ1v) is 5.36. The van der Waals surface area contributed by atoms with E-state index in [1.165, 1.54) is 4.68 Å². The topological polar surface area (TPSA) is 96.2 Å². The van der Waals surface area contributed by atoms with E-state index in [-0.39, 0.29) is 0 Å². The second-order valence-corrected chi connectivity index (χ2v) is 3.89. The maximum atomic E-state index is 11.3. The van der Waals surface area contributed by atoms with Gasteiger partial charge < -0.3 is 16.2 Å². The number of nitrogens with zero attached hydrogens (tertiary/aromatic N) is 2. The lowest BCUT2D eigenvalue weighted by Crippen LogP contribution is -2.12. The van der Waals surface area contributed by atoms with Gasteiger partial charge in [0.2, 0.25) is 5.88 Å². The maximum Gasteiger partial charge on any atom is 0.252 e. The van der Waals surface area contributed by atoms with Gasteiger partial charge >= 0.3 is 0 Å². The Morgan fingerprint density at radius 3 is 2.61 bits per heavy atom. The fourth-order valence-electron chi connectivity index (χ4n) is 1.64. The Kier molecular flexibility index (Phi) is 2.93. The minimum absolute atomic E-state index is 0.302. The second kappa shape index (κ2) is 4.40. The molecular formula is C12H14N4O2. The van der Waals surface area contributed by atoms with Crippen LogP contribution in [0.4, 0.5) is 5.69 Å². The third-order valence-electron chi connectivity index (χ3n) is 2.57. The van der Waals surface area contributed by atoms with E-state index in [1.54, 1.807) is 38.2 Å². The monoisotopic (exact) mass is 246 g/mol. The Morgan fingerprint density at radius 1 is 1.39 bits per heavy atom. The molecule has 94 valence electrons. The van der Waals surface area contributed by atoms with Crippen LogP contribution >= 0.6 is 0 Å². The Balaban J connectivity index is 2.43. The number of anilines is 1. The summed E-state index contributed by atoms with van der Waals surface area (Å²) in [4.78, 5) is 11.3. The van der Waals surface area contributed by atoms with E-state index >= 15 is 0 Å². The molecule has 0 atom stereocenters. The number of rotatable bonds is 3. The number of hydrogen-bond donors (Lipinski definition) is 2. The molecule has 1 heterocycles. The molecule has 18 heavy (non-hydrogen) atoms. The van der Waals surface area contributed by atoms with Gasteiger partial charge in [0.25, 0.3) is 5.91 Å². The van der Waals surface area contributed by atoms with E-state index in [9.17, 15) is 4.79 Å². The van der Waals surface area contributed by atoms with Crippen LogP contribution < -0.4 is 16.2 Å². The zero-order chi connectivity index (χ0) is 13.3. The van der Waals surface area contributed by atoms with Gasteiger partial charge in [-0.2, -0.15) is 5.10 Å². The number of hydrogen-bond acceptors (Lipinski definition) is 4. The molecule has 0 bridgehead atoms. The molecule has 4 N–H and O–H groups in total. The summed E-state index contributed by atoms with van der Waals surface area (Å²) < 4.78 is 7.14. The fourth-order valence-corrected chi connectivity index (χ4v) is 1.64. The lowest BCUT2D eigenvalue weighted by Gasteiger charge is -2.09. The summed E-state index contributed by atoms with van der Waals surface area (Å²) in [6, 6.07) is 6.71. The van der Waals surface area contributed by atoms with Crippen LogP contribution in [0.2, 0.25) is 0 Å². The van der Waals surface area contributed by atoms with Crippen molar-refractivity contribution in [2.75, 3.05) is 5.73 Å². The van der Waals surface area contributed by atoms with E-state index < -0.39 is 5.91 Å². The number of nitrogen functional groups attached to an aromatic ring is 1. The highest BCUT2D eigenvalue weighted by Gasteiger charge is 2.15. The summed E-state index contributed by atoms with van der Waals surface area (Å²) in [6.07, 6.45) is 0. The largest absolute Gasteiger partial charge is 0.436 e. The molecule has 0 saturated heterocycles. The number of aryl methyl sites for hydroxylation is 2. The van der Waals surface area contributed by atoms with Crippen molar-refractivity contribution in [3.63, 3.8) is 0 Å². The standard InChI is InChI=1S/C12H14N4O2/c1-7-10(13)12(16(2)15-7)18-9-6-4-3-5-8(9)11(14)17/h3-6H,13H2,1-2H3,(H2,14,17). The van der Waals surface area contributed by atoms with Gasteiger partial charge in [-0.05, 0) is 19.1 Å². The Bertz CT molecular complexity index is 604. The molecule has 1 aromatic carbocycles. The van der Waals surface area contributed by atoms with Crippen molar-refractivity contribution in [1.82, 2.24) is 9.78 Å². The van der Waals surface area contributed by atoms with Crippen LogP contribution in [0, 0.1) is 6.92 Å². The molecule has 2 rings (SSSR count). The van der Waals surface area contributed by atoms with Crippen molar-refractivity contribution in [3.8, 4) is 11.6 Å². The molecule has 6 nitrogen and oxygen atoms in total. The first-order chi connectivity index (χ1) is 8.50. The van der Waals surface area contributed by atoms with Gasteiger partial charge in [0.1, 0.15) is 11.4 Å². The molecule has 0 aliphatic carbocycles. The molecule has 0 aliphatic rings. The van der Waals surface area contributed by atoms with Gasteiger partial charge in [-0.15, -0.1) is 0 Å². The third kappa shape index (κ3) is 2.00. The van der Waals surface area contributed by atoms with Crippen molar-refractivity contribution in [3.05, 3.63) is 35.5 Å². The van der Waals surface area contributed by atoms with Crippen LogP contribution in [0.5, 0.6) is 11.6 Å². The number of carbonyl (C=O) groups is 1. The van der Waals surface area contributed by atoms with Crippen LogP contribution in [0.15, 0.2) is 24.3 Å². The second-order valence-electron chi connectivity index (χ2n) is 3.89. The zero-order valence-electron chi connectivity index (χ0n) is 10.2. The van der Waals surface area contributed by atoms with Gasteiger partial charge in [-0.3, -0.25) is 4.79 Å². The lowest BCUT2D eigenvalue weighted by molar-refractivity contribution is 0.0998. The van der Waals surface area contributed by atoms with Gasteiger partial charge in [0.15, 0.2) is 0 Å². The molecule has 2 aromatic rings. The average Bonchev–Trinajstić information content (AvgIpc) is 2.56. The highest BCUT2D eigenvalue weighted by atomic mass is 16.5. The van der Waals surface area contributed by atoms with Crippen molar-refractivity contribution < 1.29 is 9.53 Å². The minimum Gasteiger partial charge on any atom is -0.436 e. The fraction of sp³-hybridized carbons (Fsp3) is 0.167. The van der Waals surface area contributed by atoms with E-state index in [2.05, 4.69) is 5.10 Å². The quantitative estimate of drug-likeness (QED) is 0.850. The van der Waals surface area contributed by atoms with E-state index in [1.807, 2.05) is 0 Å². The van der Waals surface area contributed by atoms with Crippen LogP contribution in [-0.4, -0.2) is 15.7 Å². The molecule has 1 amide bonds. The highest BCUT2D eigenvalue weighted by Crippen LogP contribution is 2.30. The predicted octanol–water partition coefficient (Wildman–Crippen LogP) is 1.20. The molecule has 6 heteroatoms. The first kappa shape index (κ1) is 12.0. The van der Waals surface area contributed by atoms with Crippen LogP contribution in [0.25, 0.3) is 0 Å². The van der Waals surface area contributed by atoms with Crippen LogP contribution in [0.1, 0.15) is 16.1 Å². The number of nitrogens with two attached hydrogens (primary N) is 2. The molecular weight excluding hydrogens is 232 g/mol. The predicted molar refractivity (Wildman–Crippen MR) is 67.4 cm³/mol. The van der Waals surface area contributed by atoms with Gasteiger partial charge in [0, 0.05) is 7.05 Å². The van der Waals surface area contributed by atoms with Crippen molar-refractivity contribution in [1.29, 1.82) is 0 Å². The van der Waals surface area contributed by atoms with Gasteiger partial charge in [0.05, 0.1) is 11.3 Å². The first-order valence-electron chi connectivity index (χ1n) is 5.36. The van der Waals surface area contributed by atoms with Gasteiger partial charge in [-0.1, -0.05) is 12.1 Å². The molecule has 1 aromatic heterocycles. The van der Waals surface area contributed by atoms with Crippen molar-refractivity contribution >= 4 is 11.6 Å². The molecule has 0 aliphatic heterocycles. The number of para-hydroxylation sites is 1. The lowest BCUT2D eigenvalue weighted by atomic mass is 10.2. The Labute approximate surface area is 104 Å². The van der Waals surface area contributed by atoms with Crippen molar-refractivity contribution in [2.45, 2.75) is 6.92 Å². The highest BCUT2D eigenvalue weighted by molar-refractivity contribution is 5.95. The third-order valence-corrected chi connectivity index (χ3v) is 2.57. The number of carbonyl (C=O) groups excluding carboxylic acids is 1. The van der Waals surface area contributed by atoms with Crippen LogP contribution in [0.3, 0.4) is 0 Å². The number of amides is 1. The summed E-state index contributed by atoms with van der Waals surface area (Å²) in [5.41, 5.74) is 12.5. The minimum atomic E-state index is -0.553. The summed E-state index contributed by atoms with van der Waals surface area (Å²) >= 11 is 0.